The maximum absolute atomic E-state index is 9.61. The van der Waals surface area contributed by atoms with Gasteiger partial charge in [-0.15, -0.1) is 0 Å². The second-order valence-corrected chi connectivity index (χ2v) is 7.52. The van der Waals surface area contributed by atoms with Crippen LogP contribution in [-0.4, -0.2) is 33.1 Å². The number of hydrogen-bond acceptors (Lipinski definition) is 8. The summed E-state index contributed by atoms with van der Waals surface area (Å²) in [5.41, 5.74) is 10.4. The SMILES string of the molecule is Cc1ccc(O)c(N/N=C2/C=CC=CC2=N)c1.Cc1ccc(O)c(N/N=C2/C=CC=CC2=N)c1.[Zn]. The Morgan fingerprint density at radius 1 is 0.629 bits per heavy atom. The van der Waals surface area contributed by atoms with Gasteiger partial charge in [-0.3, -0.25) is 21.7 Å². The molecule has 2 aromatic rings. The van der Waals surface area contributed by atoms with E-state index in [0.29, 0.717) is 34.2 Å². The monoisotopic (exact) mass is 518 g/mol. The summed E-state index contributed by atoms with van der Waals surface area (Å²) < 4.78 is 0. The third kappa shape index (κ3) is 8.01. The van der Waals surface area contributed by atoms with Crippen molar-refractivity contribution in [3.05, 3.63) is 96.1 Å². The summed E-state index contributed by atoms with van der Waals surface area (Å²) >= 11 is 0. The molecule has 0 amide bonds. The van der Waals surface area contributed by atoms with Gasteiger partial charge in [0.2, 0.25) is 0 Å². The van der Waals surface area contributed by atoms with Crippen LogP contribution in [0.5, 0.6) is 11.5 Å². The number of allylic oxidation sites excluding steroid dienone is 8. The van der Waals surface area contributed by atoms with Crippen molar-refractivity contribution in [3.8, 4) is 11.5 Å². The summed E-state index contributed by atoms with van der Waals surface area (Å²) in [7, 11) is 0. The van der Waals surface area contributed by atoms with E-state index >= 15 is 0 Å². The number of aromatic hydroxyl groups is 2. The van der Waals surface area contributed by atoms with E-state index in [4.69, 9.17) is 10.8 Å². The minimum Gasteiger partial charge on any atom is -0.506 e. The van der Waals surface area contributed by atoms with Crippen LogP contribution in [-0.2, 0) is 19.5 Å². The second kappa shape index (κ2) is 13.0. The molecule has 0 atom stereocenters. The van der Waals surface area contributed by atoms with Crippen molar-refractivity contribution < 1.29 is 29.7 Å². The fraction of sp³-hybridized carbons (Fsp3) is 0.0769. The zero-order valence-electron chi connectivity index (χ0n) is 19.6. The normalized spacial score (nSPS) is 16.1. The maximum atomic E-state index is 9.61. The molecule has 35 heavy (non-hydrogen) atoms. The molecule has 2 aliphatic carbocycles. The van der Waals surface area contributed by atoms with Crippen LogP contribution in [0.25, 0.3) is 0 Å². The number of anilines is 2. The summed E-state index contributed by atoms with van der Waals surface area (Å²) in [6.07, 6.45) is 14.0. The largest absolute Gasteiger partial charge is 0.506 e. The maximum Gasteiger partial charge on any atom is 0.140 e. The van der Waals surface area contributed by atoms with E-state index < -0.39 is 0 Å². The molecule has 0 bridgehead atoms. The number of hydrazone groups is 2. The summed E-state index contributed by atoms with van der Waals surface area (Å²) in [5.74, 6) is 0.281. The minimum atomic E-state index is 0. The summed E-state index contributed by atoms with van der Waals surface area (Å²) in [5, 5.41) is 42.7. The molecule has 8 nitrogen and oxygen atoms in total. The molecule has 0 heterocycles. The summed E-state index contributed by atoms with van der Waals surface area (Å²) in [6, 6.07) is 10.5. The molecule has 2 aromatic carbocycles. The summed E-state index contributed by atoms with van der Waals surface area (Å²) in [6.45, 7) is 3.87. The number of rotatable bonds is 4. The zero-order chi connectivity index (χ0) is 24.5. The fourth-order valence-electron chi connectivity index (χ4n) is 2.86. The third-order valence-electron chi connectivity index (χ3n) is 4.71. The van der Waals surface area contributed by atoms with E-state index in [-0.39, 0.29) is 31.0 Å². The Morgan fingerprint density at radius 2 is 1.00 bits per heavy atom. The van der Waals surface area contributed by atoms with Gasteiger partial charge in [-0.05, 0) is 73.5 Å². The van der Waals surface area contributed by atoms with E-state index in [2.05, 4.69) is 21.1 Å². The molecule has 2 aliphatic rings. The van der Waals surface area contributed by atoms with E-state index in [1.807, 2.05) is 38.1 Å². The molecule has 0 spiro atoms. The van der Waals surface area contributed by atoms with Crippen molar-refractivity contribution in [2.75, 3.05) is 10.9 Å². The number of phenols is 2. The first kappa shape index (κ1) is 27.2. The van der Waals surface area contributed by atoms with Gasteiger partial charge in [0.1, 0.15) is 22.9 Å². The zero-order valence-corrected chi connectivity index (χ0v) is 22.5. The quantitative estimate of drug-likeness (QED) is 0.143. The second-order valence-electron chi connectivity index (χ2n) is 7.52. The van der Waals surface area contributed by atoms with Gasteiger partial charge in [-0.2, -0.15) is 10.2 Å². The molecule has 9 heteroatoms. The van der Waals surface area contributed by atoms with E-state index in [0.717, 1.165) is 11.1 Å². The molecule has 0 aromatic heterocycles. The fourth-order valence-corrected chi connectivity index (χ4v) is 2.86. The Kier molecular flexibility index (Phi) is 10.1. The van der Waals surface area contributed by atoms with Crippen molar-refractivity contribution in [3.63, 3.8) is 0 Å². The van der Waals surface area contributed by atoms with Gasteiger partial charge < -0.3 is 10.2 Å². The molecule has 174 valence electrons. The molecule has 0 unspecified atom stereocenters. The van der Waals surface area contributed by atoms with Crippen LogP contribution in [0.1, 0.15) is 11.1 Å². The Morgan fingerprint density at radius 3 is 1.37 bits per heavy atom. The molecule has 6 N–H and O–H groups in total. The molecular formula is C26H26N6O2Zn. The van der Waals surface area contributed by atoms with E-state index in [1.165, 1.54) is 0 Å². The van der Waals surface area contributed by atoms with Crippen molar-refractivity contribution in [2.45, 2.75) is 13.8 Å². The van der Waals surface area contributed by atoms with E-state index in [9.17, 15) is 10.2 Å². The van der Waals surface area contributed by atoms with Crippen LogP contribution in [0.15, 0.2) is 95.2 Å². The van der Waals surface area contributed by atoms with Crippen molar-refractivity contribution in [1.82, 2.24) is 0 Å². The topological polar surface area (TPSA) is 137 Å². The number of nitrogens with one attached hydrogen (secondary N) is 4. The number of phenolic OH excluding ortho intramolecular Hbond substituents is 2. The Bertz CT molecular complexity index is 1190. The molecule has 0 aliphatic heterocycles. The molecule has 0 saturated carbocycles. The van der Waals surface area contributed by atoms with Crippen molar-refractivity contribution in [1.29, 1.82) is 10.8 Å². The van der Waals surface area contributed by atoms with Gasteiger partial charge >= 0.3 is 0 Å². The first-order valence-electron chi connectivity index (χ1n) is 10.5. The van der Waals surface area contributed by atoms with Crippen LogP contribution in [0.2, 0.25) is 0 Å². The Labute approximate surface area is 217 Å². The minimum absolute atomic E-state index is 0. The van der Waals surface area contributed by atoms with Crippen LogP contribution in [0.3, 0.4) is 0 Å². The number of nitrogens with zero attached hydrogens (tertiary/aromatic N) is 2. The predicted molar refractivity (Wildman–Crippen MR) is 140 cm³/mol. The predicted octanol–water partition coefficient (Wildman–Crippen LogP) is 5.23. The first-order valence-corrected chi connectivity index (χ1v) is 10.5. The van der Waals surface area contributed by atoms with Gasteiger partial charge in [0.25, 0.3) is 0 Å². The molecular weight excluding hydrogens is 494 g/mol. The van der Waals surface area contributed by atoms with Gasteiger partial charge in [0, 0.05) is 19.5 Å². The molecule has 0 radical (unpaired) electrons. The van der Waals surface area contributed by atoms with Crippen LogP contribution < -0.4 is 10.9 Å². The molecule has 4 rings (SSSR count). The summed E-state index contributed by atoms with van der Waals surface area (Å²) in [4.78, 5) is 0. The van der Waals surface area contributed by atoms with Crippen LogP contribution >= 0.6 is 0 Å². The van der Waals surface area contributed by atoms with Crippen LogP contribution in [0, 0.1) is 24.7 Å². The number of benzene rings is 2. The van der Waals surface area contributed by atoms with Gasteiger partial charge in [-0.25, -0.2) is 0 Å². The van der Waals surface area contributed by atoms with E-state index in [1.54, 1.807) is 60.7 Å². The van der Waals surface area contributed by atoms with Gasteiger partial charge in [0.05, 0.1) is 22.8 Å². The molecule has 0 saturated heterocycles. The van der Waals surface area contributed by atoms with Gasteiger partial charge in [0.15, 0.2) is 0 Å². The van der Waals surface area contributed by atoms with Crippen molar-refractivity contribution in [2.24, 2.45) is 10.2 Å². The Balaban J connectivity index is 0.000000240. The average Bonchev–Trinajstić information content (AvgIpc) is 2.82. The van der Waals surface area contributed by atoms with Crippen LogP contribution in [0.4, 0.5) is 11.4 Å². The Hall–Kier alpha value is -4.10. The molecule has 0 fully saturated rings. The van der Waals surface area contributed by atoms with Crippen molar-refractivity contribution >= 4 is 34.2 Å². The van der Waals surface area contributed by atoms with Gasteiger partial charge in [-0.1, -0.05) is 36.4 Å². The first-order chi connectivity index (χ1) is 16.3. The number of hydrogen-bond donors (Lipinski definition) is 6. The average molecular weight is 520 g/mol. The third-order valence-corrected chi connectivity index (χ3v) is 4.71. The number of aryl methyl sites for hydroxylation is 2. The standard InChI is InChI=1S/2C13H13N3O.Zn/c2*1-9-6-7-13(17)12(8-9)16-15-11-5-3-2-4-10(11)14;/h2*2-8,14,16-17H,1H3;/b2*14-10?,15-11-;. The smallest absolute Gasteiger partial charge is 0.140 e.